The molecule has 9 heteroatoms. The largest absolute Gasteiger partial charge is 0.376 e. The number of anilines is 1. The predicted octanol–water partition coefficient (Wildman–Crippen LogP) is 5.15. The number of nitriles is 1. The molecule has 0 bridgehead atoms. The number of nitrogens with zero attached hydrogens (tertiary/aromatic N) is 3. The molecule has 0 spiro atoms. The molecule has 6 nitrogen and oxygen atoms in total. The third kappa shape index (κ3) is 4.35. The summed E-state index contributed by atoms with van der Waals surface area (Å²) in [4.78, 5) is 17.2. The van der Waals surface area contributed by atoms with Crippen LogP contribution in [0.15, 0.2) is 22.5 Å². The lowest BCUT2D eigenvalue weighted by Gasteiger charge is -2.16. The summed E-state index contributed by atoms with van der Waals surface area (Å²) in [5, 5.41) is 13.3. The van der Waals surface area contributed by atoms with Crippen LogP contribution in [0, 0.1) is 25.2 Å². The van der Waals surface area contributed by atoms with E-state index in [9.17, 15) is 10.1 Å². The van der Waals surface area contributed by atoms with Gasteiger partial charge in [0, 0.05) is 17.3 Å². The number of aromatic nitrogens is 2. The van der Waals surface area contributed by atoms with E-state index in [0.29, 0.717) is 22.9 Å². The van der Waals surface area contributed by atoms with Gasteiger partial charge in [-0.15, -0.1) is 11.3 Å². The first-order valence-corrected chi connectivity index (χ1v) is 11.8. The molecule has 0 radical (unpaired) electrons. The van der Waals surface area contributed by atoms with Gasteiger partial charge in [-0.1, -0.05) is 23.4 Å². The number of ether oxygens (including phenoxy) is 1. The van der Waals surface area contributed by atoms with Crippen molar-refractivity contribution in [3.05, 3.63) is 40.0 Å². The molecule has 1 N–H and O–H groups in total. The Morgan fingerprint density at radius 3 is 3.07 bits per heavy atom. The summed E-state index contributed by atoms with van der Waals surface area (Å²) >= 11 is 8.93. The van der Waals surface area contributed by atoms with Crippen LogP contribution in [0.4, 0.5) is 5.82 Å². The summed E-state index contributed by atoms with van der Waals surface area (Å²) in [5.74, 6) is 0.603. The van der Waals surface area contributed by atoms with Crippen LogP contribution in [0.3, 0.4) is 0 Å². The Morgan fingerprint density at radius 1 is 1.50 bits per heavy atom. The Bertz CT molecular complexity index is 1140. The topological polar surface area (TPSA) is 79.9 Å². The van der Waals surface area contributed by atoms with Gasteiger partial charge in [0.15, 0.2) is 4.34 Å². The highest BCUT2D eigenvalue weighted by Crippen LogP contribution is 2.32. The highest BCUT2D eigenvalue weighted by molar-refractivity contribution is 8.01. The van der Waals surface area contributed by atoms with Crippen molar-refractivity contribution in [2.24, 2.45) is 0 Å². The molecule has 2 aromatic heterocycles. The van der Waals surface area contributed by atoms with Crippen molar-refractivity contribution >= 4 is 56.6 Å². The predicted molar refractivity (Wildman–Crippen MR) is 122 cm³/mol. The van der Waals surface area contributed by atoms with E-state index in [1.807, 2.05) is 36.6 Å². The fourth-order valence-electron chi connectivity index (χ4n) is 3.59. The molecule has 1 saturated heterocycles. The van der Waals surface area contributed by atoms with E-state index in [4.69, 9.17) is 16.3 Å². The molecule has 0 saturated carbocycles. The molecule has 3 heterocycles. The smallest absolute Gasteiger partial charge is 0.235 e. The van der Waals surface area contributed by atoms with E-state index in [0.717, 1.165) is 45.3 Å². The number of benzene rings is 1. The molecule has 30 heavy (non-hydrogen) atoms. The monoisotopic (exact) mass is 460 g/mol. The van der Waals surface area contributed by atoms with Gasteiger partial charge >= 0.3 is 0 Å². The van der Waals surface area contributed by atoms with Crippen LogP contribution in [-0.4, -0.2) is 33.9 Å². The minimum absolute atomic E-state index is 0.113. The Kier molecular flexibility index (Phi) is 6.34. The molecular weight excluding hydrogens is 440 g/mol. The summed E-state index contributed by atoms with van der Waals surface area (Å²) in [6.07, 6.45) is 2.14. The van der Waals surface area contributed by atoms with E-state index >= 15 is 0 Å². The van der Waals surface area contributed by atoms with Gasteiger partial charge in [0.1, 0.15) is 11.9 Å². The zero-order valence-electron chi connectivity index (χ0n) is 16.7. The quantitative estimate of drug-likeness (QED) is 0.514. The first-order chi connectivity index (χ1) is 14.5. The number of thioether (sulfide) groups is 1. The molecule has 0 aliphatic carbocycles. The van der Waals surface area contributed by atoms with Crippen LogP contribution in [-0.2, 0) is 16.1 Å². The van der Waals surface area contributed by atoms with E-state index in [1.165, 1.54) is 23.1 Å². The Balaban J connectivity index is 1.48. The number of halogens is 1. The molecule has 3 aromatic rings. The minimum Gasteiger partial charge on any atom is -0.376 e. The summed E-state index contributed by atoms with van der Waals surface area (Å²) in [6.45, 7) is 5.29. The first-order valence-electron chi connectivity index (χ1n) is 9.66. The fraction of sp³-hybridized carbons (Fsp3) is 0.381. The van der Waals surface area contributed by atoms with Gasteiger partial charge in [0.25, 0.3) is 0 Å². The van der Waals surface area contributed by atoms with Crippen LogP contribution in [0.2, 0.25) is 5.02 Å². The standard InChI is InChI=1S/C21H21ClN4O2S2/c1-12-13(2)26(10-15-4-3-7-28-15)20(16(12)9-23)25-19(27)11-29-21-24-17-8-14(22)5-6-18(17)30-21/h5-6,8,15H,3-4,7,10-11H2,1-2H3,(H,25,27). The number of nitrogens with one attached hydrogen (secondary N) is 1. The van der Waals surface area contributed by atoms with E-state index in [2.05, 4.69) is 16.4 Å². The summed E-state index contributed by atoms with van der Waals surface area (Å²) in [6, 6.07) is 7.83. The lowest BCUT2D eigenvalue weighted by Crippen LogP contribution is -2.22. The molecule has 1 fully saturated rings. The Hall–Kier alpha value is -2.05. The van der Waals surface area contributed by atoms with Crippen molar-refractivity contribution in [2.45, 2.75) is 43.7 Å². The van der Waals surface area contributed by atoms with Crippen molar-refractivity contribution in [1.29, 1.82) is 5.26 Å². The Morgan fingerprint density at radius 2 is 2.33 bits per heavy atom. The van der Waals surface area contributed by atoms with Crippen molar-refractivity contribution in [1.82, 2.24) is 9.55 Å². The van der Waals surface area contributed by atoms with Crippen LogP contribution >= 0.6 is 34.7 Å². The Labute approximate surface area is 188 Å². The number of hydrogen-bond acceptors (Lipinski definition) is 6. The maximum Gasteiger partial charge on any atom is 0.235 e. The molecule has 1 aromatic carbocycles. The number of amides is 1. The fourth-order valence-corrected chi connectivity index (χ4v) is 5.60. The van der Waals surface area contributed by atoms with Crippen LogP contribution in [0.25, 0.3) is 10.2 Å². The average Bonchev–Trinajstić information content (AvgIpc) is 3.42. The lowest BCUT2D eigenvalue weighted by molar-refractivity contribution is -0.113. The van der Waals surface area contributed by atoms with Crippen molar-refractivity contribution < 1.29 is 9.53 Å². The van der Waals surface area contributed by atoms with Crippen molar-refractivity contribution in [3.63, 3.8) is 0 Å². The minimum atomic E-state index is -0.167. The molecule has 156 valence electrons. The van der Waals surface area contributed by atoms with Gasteiger partial charge in [0.05, 0.1) is 34.2 Å². The summed E-state index contributed by atoms with van der Waals surface area (Å²) < 4.78 is 9.61. The SMILES string of the molecule is Cc1c(C#N)c(NC(=O)CSc2nc3cc(Cl)ccc3s2)n(CC2CCCO2)c1C. The highest BCUT2D eigenvalue weighted by atomic mass is 35.5. The molecule has 1 unspecified atom stereocenters. The van der Waals surface area contributed by atoms with E-state index in [-0.39, 0.29) is 17.8 Å². The van der Waals surface area contributed by atoms with Crippen LogP contribution in [0.5, 0.6) is 0 Å². The highest BCUT2D eigenvalue weighted by Gasteiger charge is 2.24. The van der Waals surface area contributed by atoms with E-state index in [1.54, 1.807) is 0 Å². The van der Waals surface area contributed by atoms with Gasteiger partial charge in [-0.2, -0.15) is 5.26 Å². The second-order valence-electron chi connectivity index (χ2n) is 7.22. The average molecular weight is 461 g/mol. The lowest BCUT2D eigenvalue weighted by atomic mass is 10.2. The second-order valence-corrected chi connectivity index (χ2v) is 9.91. The first kappa shape index (κ1) is 21.2. The van der Waals surface area contributed by atoms with Gasteiger partial charge in [-0.3, -0.25) is 4.79 Å². The summed E-state index contributed by atoms with van der Waals surface area (Å²) in [5.41, 5.74) is 3.21. The van der Waals surface area contributed by atoms with Crippen molar-refractivity contribution in [2.75, 3.05) is 17.7 Å². The molecular formula is C21H21ClN4O2S2. The zero-order valence-corrected chi connectivity index (χ0v) is 19.1. The normalized spacial score (nSPS) is 16.1. The van der Waals surface area contributed by atoms with Gasteiger partial charge in [0.2, 0.25) is 5.91 Å². The van der Waals surface area contributed by atoms with Crippen LogP contribution < -0.4 is 5.32 Å². The third-order valence-corrected chi connectivity index (χ3v) is 7.68. The maximum absolute atomic E-state index is 12.7. The summed E-state index contributed by atoms with van der Waals surface area (Å²) in [7, 11) is 0. The van der Waals surface area contributed by atoms with Gasteiger partial charge < -0.3 is 14.6 Å². The molecule has 4 rings (SSSR count). The zero-order chi connectivity index (χ0) is 21.3. The molecule has 1 aliphatic heterocycles. The number of carbonyl (C=O) groups is 1. The maximum atomic E-state index is 12.7. The number of rotatable bonds is 6. The number of carbonyl (C=O) groups excluding carboxylic acids is 1. The van der Waals surface area contributed by atoms with Gasteiger partial charge in [-0.25, -0.2) is 4.98 Å². The second kappa shape index (κ2) is 8.98. The number of hydrogen-bond donors (Lipinski definition) is 1. The van der Waals surface area contributed by atoms with Crippen LogP contribution in [0.1, 0.15) is 29.7 Å². The number of thiazole rings is 1. The molecule has 1 aliphatic rings. The molecule has 1 atom stereocenters. The van der Waals surface area contributed by atoms with Crippen molar-refractivity contribution in [3.8, 4) is 6.07 Å². The van der Waals surface area contributed by atoms with E-state index < -0.39 is 0 Å². The third-order valence-electron chi connectivity index (χ3n) is 5.27. The van der Waals surface area contributed by atoms with Gasteiger partial charge in [-0.05, 0) is 50.5 Å². The molecule has 1 amide bonds. The number of fused-ring (bicyclic) bond motifs is 1.